The van der Waals surface area contributed by atoms with E-state index in [1.54, 1.807) is 41.3 Å². The molecule has 3 amide bonds. The maximum Gasteiger partial charge on any atom is 0.262 e. The summed E-state index contributed by atoms with van der Waals surface area (Å²) in [6.45, 7) is 1.44. The van der Waals surface area contributed by atoms with E-state index in [9.17, 15) is 14.4 Å². The quantitative estimate of drug-likeness (QED) is 0.562. The Hall–Kier alpha value is -2.91. The maximum absolute atomic E-state index is 12.5. The van der Waals surface area contributed by atoms with Crippen LogP contribution in [0.2, 0.25) is 0 Å². The lowest BCUT2D eigenvalue weighted by Crippen LogP contribution is -2.37. The van der Waals surface area contributed by atoms with Crippen LogP contribution in [0.5, 0.6) is 5.75 Å². The minimum atomic E-state index is -0.378. The van der Waals surface area contributed by atoms with Crippen LogP contribution in [0.15, 0.2) is 53.0 Å². The molecule has 2 aliphatic rings. The molecule has 2 aromatic carbocycles. The summed E-state index contributed by atoms with van der Waals surface area (Å²) in [4.78, 5) is 38.6. The highest BCUT2D eigenvalue weighted by Gasteiger charge is 2.35. The Labute approximate surface area is 200 Å². The molecule has 4 rings (SSSR count). The summed E-state index contributed by atoms with van der Waals surface area (Å²) in [7, 11) is 0. The monoisotopic (exact) mass is 515 g/mol. The zero-order valence-corrected chi connectivity index (χ0v) is 19.7. The van der Waals surface area contributed by atoms with Gasteiger partial charge in [0.05, 0.1) is 12.0 Å². The van der Waals surface area contributed by atoms with Crippen LogP contribution in [-0.4, -0.2) is 50.1 Å². The zero-order valence-electron chi connectivity index (χ0n) is 18.1. The van der Waals surface area contributed by atoms with Crippen molar-refractivity contribution < 1.29 is 23.9 Å². The fourth-order valence-corrected chi connectivity index (χ4v) is 4.16. The zero-order chi connectivity index (χ0) is 23.2. The third kappa shape index (κ3) is 6.33. The number of anilines is 2. The number of carbonyl (C=O) groups excluding carboxylic acids is 3. The third-order valence-corrected chi connectivity index (χ3v) is 6.20. The van der Waals surface area contributed by atoms with Gasteiger partial charge in [0.25, 0.3) is 5.91 Å². The van der Waals surface area contributed by atoms with Gasteiger partial charge in [0, 0.05) is 42.0 Å². The Balaban J connectivity index is 1.25. The first-order chi connectivity index (χ1) is 16.0. The maximum atomic E-state index is 12.5. The number of halogens is 1. The van der Waals surface area contributed by atoms with Gasteiger partial charge in [0.2, 0.25) is 11.8 Å². The molecular weight excluding hydrogens is 490 g/mol. The molecule has 2 N–H and O–H groups in total. The molecule has 174 valence electrons. The molecule has 0 radical (unpaired) electrons. The van der Waals surface area contributed by atoms with Crippen LogP contribution in [0.1, 0.15) is 19.3 Å². The molecule has 2 atom stereocenters. The number of hydrogen-bond donors (Lipinski definition) is 2. The molecule has 0 bridgehead atoms. The summed E-state index contributed by atoms with van der Waals surface area (Å²) in [5.74, 6) is -0.333. The van der Waals surface area contributed by atoms with Gasteiger partial charge in [0.1, 0.15) is 5.75 Å². The summed E-state index contributed by atoms with van der Waals surface area (Å²) in [6, 6.07) is 14.2. The predicted molar refractivity (Wildman–Crippen MR) is 127 cm³/mol. The number of carbonyl (C=O) groups is 3. The molecule has 0 aliphatic carbocycles. The second-order valence-electron chi connectivity index (χ2n) is 8.12. The summed E-state index contributed by atoms with van der Waals surface area (Å²) in [5.41, 5.74) is 1.38. The molecule has 8 nitrogen and oxygen atoms in total. The van der Waals surface area contributed by atoms with Gasteiger partial charge in [-0.3, -0.25) is 14.4 Å². The van der Waals surface area contributed by atoms with Crippen molar-refractivity contribution >= 4 is 45.0 Å². The van der Waals surface area contributed by atoms with Crippen molar-refractivity contribution in [2.75, 3.05) is 36.5 Å². The molecule has 0 unspecified atom stereocenters. The van der Waals surface area contributed by atoms with E-state index in [0.29, 0.717) is 30.2 Å². The molecule has 2 heterocycles. The molecule has 2 aromatic rings. The Morgan fingerprint density at radius 3 is 2.58 bits per heavy atom. The fourth-order valence-electron chi connectivity index (χ4n) is 3.90. The largest absolute Gasteiger partial charge is 0.484 e. The van der Waals surface area contributed by atoms with E-state index >= 15 is 0 Å². The van der Waals surface area contributed by atoms with Gasteiger partial charge in [-0.2, -0.15) is 0 Å². The van der Waals surface area contributed by atoms with Crippen molar-refractivity contribution in [3.63, 3.8) is 0 Å². The van der Waals surface area contributed by atoms with Crippen LogP contribution in [0, 0.1) is 5.92 Å². The average molecular weight is 516 g/mol. The molecule has 0 aromatic heterocycles. The van der Waals surface area contributed by atoms with Crippen LogP contribution in [0.4, 0.5) is 11.4 Å². The molecule has 2 fully saturated rings. The second kappa shape index (κ2) is 10.8. The molecular formula is C24H26BrN3O5. The van der Waals surface area contributed by atoms with E-state index in [4.69, 9.17) is 9.47 Å². The van der Waals surface area contributed by atoms with Crippen molar-refractivity contribution in [3.8, 4) is 5.75 Å². The number of nitrogens with one attached hydrogen (secondary N) is 2. The number of rotatable bonds is 8. The van der Waals surface area contributed by atoms with E-state index < -0.39 is 0 Å². The van der Waals surface area contributed by atoms with Crippen LogP contribution in [0.3, 0.4) is 0 Å². The van der Waals surface area contributed by atoms with Gasteiger partial charge < -0.3 is 25.0 Å². The van der Waals surface area contributed by atoms with Crippen LogP contribution >= 0.6 is 15.9 Å². The number of amides is 3. The highest BCUT2D eigenvalue weighted by atomic mass is 79.9. The summed E-state index contributed by atoms with van der Waals surface area (Å²) < 4.78 is 12.0. The van der Waals surface area contributed by atoms with E-state index in [2.05, 4.69) is 26.6 Å². The van der Waals surface area contributed by atoms with Crippen LogP contribution in [0.25, 0.3) is 0 Å². The van der Waals surface area contributed by atoms with Gasteiger partial charge >= 0.3 is 0 Å². The lowest BCUT2D eigenvalue weighted by Gasteiger charge is -2.18. The molecule has 9 heteroatoms. The van der Waals surface area contributed by atoms with Crippen molar-refractivity contribution in [2.45, 2.75) is 25.4 Å². The topological polar surface area (TPSA) is 97.0 Å². The summed E-state index contributed by atoms with van der Waals surface area (Å²) in [6.07, 6.45) is 2.24. The highest BCUT2D eigenvalue weighted by Crippen LogP contribution is 2.27. The fraction of sp³-hybridized carbons (Fsp3) is 0.375. The molecule has 2 aliphatic heterocycles. The van der Waals surface area contributed by atoms with Gasteiger partial charge in [-0.25, -0.2) is 0 Å². The highest BCUT2D eigenvalue weighted by molar-refractivity contribution is 9.10. The van der Waals surface area contributed by atoms with Crippen LogP contribution < -0.4 is 20.3 Å². The Morgan fingerprint density at radius 1 is 1.12 bits per heavy atom. The number of ether oxygens (including phenoxy) is 2. The third-order valence-electron chi connectivity index (χ3n) is 5.67. The van der Waals surface area contributed by atoms with Crippen LogP contribution in [-0.2, 0) is 19.1 Å². The average Bonchev–Trinajstić information content (AvgIpc) is 3.48. The molecule has 33 heavy (non-hydrogen) atoms. The minimum absolute atomic E-state index is 0.0756. The summed E-state index contributed by atoms with van der Waals surface area (Å²) in [5, 5.41) is 5.67. The standard InChI is InChI=1S/C24H26BrN3O5/c25-17-3-5-18(6-4-17)27-22(29)15-33-20-9-7-19(8-10-20)28-14-16(12-23(28)30)24(31)26-13-21-2-1-11-32-21/h3-10,16,21H,1-2,11-15H2,(H,26,31)(H,27,29)/t16-,21-/m1/s1. The predicted octanol–water partition coefficient (Wildman–Crippen LogP) is 3.11. The van der Waals surface area contributed by atoms with Gasteiger partial charge in [-0.1, -0.05) is 15.9 Å². The van der Waals surface area contributed by atoms with Crippen molar-refractivity contribution in [1.82, 2.24) is 5.32 Å². The Kier molecular flexibility index (Phi) is 7.61. The van der Waals surface area contributed by atoms with Crippen molar-refractivity contribution in [1.29, 1.82) is 0 Å². The molecule has 0 spiro atoms. The van der Waals surface area contributed by atoms with E-state index in [-0.39, 0.29) is 42.8 Å². The smallest absolute Gasteiger partial charge is 0.262 e. The number of benzene rings is 2. The van der Waals surface area contributed by atoms with E-state index in [1.807, 2.05) is 12.1 Å². The lowest BCUT2D eigenvalue weighted by atomic mass is 10.1. The Bertz CT molecular complexity index is 990. The number of hydrogen-bond acceptors (Lipinski definition) is 5. The SMILES string of the molecule is O=C(COc1ccc(N2C[C@H](C(=O)NC[C@H]3CCCO3)CC2=O)cc1)Nc1ccc(Br)cc1. The molecule has 2 saturated heterocycles. The molecule has 0 saturated carbocycles. The van der Waals surface area contributed by atoms with Gasteiger partial charge in [-0.15, -0.1) is 0 Å². The second-order valence-corrected chi connectivity index (χ2v) is 9.04. The van der Waals surface area contributed by atoms with Gasteiger partial charge in [0.15, 0.2) is 6.61 Å². The van der Waals surface area contributed by atoms with E-state index in [1.165, 1.54) is 0 Å². The van der Waals surface area contributed by atoms with Gasteiger partial charge in [-0.05, 0) is 61.4 Å². The first-order valence-electron chi connectivity index (χ1n) is 11.0. The number of nitrogens with zero attached hydrogens (tertiary/aromatic N) is 1. The van der Waals surface area contributed by atoms with Crippen molar-refractivity contribution in [3.05, 3.63) is 53.0 Å². The summed E-state index contributed by atoms with van der Waals surface area (Å²) >= 11 is 3.35. The lowest BCUT2D eigenvalue weighted by molar-refractivity contribution is -0.126. The van der Waals surface area contributed by atoms with E-state index in [0.717, 1.165) is 23.9 Å². The Morgan fingerprint density at radius 2 is 1.88 bits per heavy atom. The minimum Gasteiger partial charge on any atom is -0.484 e. The normalized spacial score (nSPS) is 20.0. The first-order valence-corrected chi connectivity index (χ1v) is 11.8. The first kappa shape index (κ1) is 23.3. The van der Waals surface area contributed by atoms with Crippen molar-refractivity contribution in [2.24, 2.45) is 5.92 Å².